The SMILES string of the molecule is O=C(c1cn[nH]n1)N1CCN(c2ncccn2)CC1. The normalized spacial score (nSPS) is 15.6. The lowest BCUT2D eigenvalue weighted by Crippen LogP contribution is -2.49. The average Bonchev–Trinajstić information content (AvgIpc) is 3.02. The Balaban J connectivity index is 1.62. The second kappa shape index (κ2) is 5.01. The van der Waals surface area contributed by atoms with Gasteiger partial charge in [-0.05, 0) is 6.07 Å². The van der Waals surface area contributed by atoms with E-state index in [4.69, 9.17) is 0 Å². The zero-order valence-electron chi connectivity index (χ0n) is 10.2. The minimum atomic E-state index is -0.0950. The summed E-state index contributed by atoms with van der Waals surface area (Å²) in [6.45, 7) is 2.69. The van der Waals surface area contributed by atoms with Gasteiger partial charge >= 0.3 is 0 Å². The zero-order valence-corrected chi connectivity index (χ0v) is 10.2. The number of hydrogen-bond donors (Lipinski definition) is 1. The van der Waals surface area contributed by atoms with Crippen LogP contribution in [0.1, 0.15) is 10.5 Å². The van der Waals surface area contributed by atoms with E-state index in [9.17, 15) is 4.79 Å². The molecule has 0 aromatic carbocycles. The van der Waals surface area contributed by atoms with Crippen molar-refractivity contribution in [3.05, 3.63) is 30.4 Å². The molecule has 0 radical (unpaired) electrons. The number of nitrogens with zero attached hydrogens (tertiary/aromatic N) is 6. The Kier molecular flexibility index (Phi) is 3.05. The van der Waals surface area contributed by atoms with Gasteiger partial charge in [0.1, 0.15) is 0 Å². The number of piperazine rings is 1. The predicted octanol–water partition coefficient (Wildman–Crippen LogP) is -0.443. The lowest BCUT2D eigenvalue weighted by atomic mass is 10.3. The van der Waals surface area contributed by atoms with Crippen molar-refractivity contribution in [2.24, 2.45) is 0 Å². The first-order valence-corrected chi connectivity index (χ1v) is 6.01. The molecule has 8 nitrogen and oxygen atoms in total. The van der Waals surface area contributed by atoms with Crippen molar-refractivity contribution in [3.63, 3.8) is 0 Å². The van der Waals surface area contributed by atoms with Crippen molar-refractivity contribution in [1.29, 1.82) is 0 Å². The minimum absolute atomic E-state index is 0.0950. The number of H-pyrrole nitrogens is 1. The Morgan fingerprint density at radius 3 is 2.53 bits per heavy atom. The molecule has 3 rings (SSSR count). The summed E-state index contributed by atoms with van der Waals surface area (Å²) in [4.78, 5) is 24.3. The van der Waals surface area contributed by atoms with E-state index in [-0.39, 0.29) is 5.91 Å². The van der Waals surface area contributed by atoms with Crippen LogP contribution in [0.2, 0.25) is 0 Å². The zero-order chi connectivity index (χ0) is 13.1. The van der Waals surface area contributed by atoms with Crippen LogP contribution in [0.25, 0.3) is 0 Å². The van der Waals surface area contributed by atoms with Crippen LogP contribution < -0.4 is 4.90 Å². The van der Waals surface area contributed by atoms with E-state index in [1.807, 2.05) is 0 Å². The van der Waals surface area contributed by atoms with E-state index in [0.29, 0.717) is 37.8 Å². The molecule has 0 aliphatic carbocycles. The molecular weight excluding hydrogens is 246 g/mol. The molecule has 1 saturated heterocycles. The molecule has 2 aromatic heterocycles. The summed E-state index contributed by atoms with van der Waals surface area (Å²) in [5.41, 5.74) is 0.351. The maximum absolute atomic E-state index is 12.1. The highest BCUT2D eigenvalue weighted by atomic mass is 16.2. The van der Waals surface area contributed by atoms with Crippen molar-refractivity contribution in [1.82, 2.24) is 30.3 Å². The van der Waals surface area contributed by atoms with Crippen molar-refractivity contribution >= 4 is 11.9 Å². The predicted molar refractivity (Wildman–Crippen MR) is 66.5 cm³/mol. The lowest BCUT2D eigenvalue weighted by molar-refractivity contribution is 0.0740. The molecule has 8 heteroatoms. The molecule has 1 aliphatic rings. The third-order valence-corrected chi connectivity index (χ3v) is 3.04. The first-order chi connectivity index (χ1) is 9.34. The highest BCUT2D eigenvalue weighted by molar-refractivity contribution is 5.92. The molecule has 1 fully saturated rings. The Morgan fingerprint density at radius 2 is 1.89 bits per heavy atom. The molecule has 0 spiro atoms. The van der Waals surface area contributed by atoms with Crippen LogP contribution in [0, 0.1) is 0 Å². The van der Waals surface area contributed by atoms with E-state index < -0.39 is 0 Å². The number of hydrogen-bond acceptors (Lipinski definition) is 6. The molecule has 1 amide bonds. The molecule has 3 heterocycles. The highest BCUT2D eigenvalue weighted by Crippen LogP contribution is 2.11. The van der Waals surface area contributed by atoms with E-state index in [0.717, 1.165) is 0 Å². The van der Waals surface area contributed by atoms with Crippen LogP contribution in [0.5, 0.6) is 0 Å². The van der Waals surface area contributed by atoms with Gasteiger partial charge in [0.15, 0.2) is 5.69 Å². The summed E-state index contributed by atoms with van der Waals surface area (Å²) in [7, 11) is 0. The average molecular weight is 259 g/mol. The Labute approximate surface area is 109 Å². The number of rotatable bonds is 2. The van der Waals surface area contributed by atoms with Crippen molar-refractivity contribution in [2.75, 3.05) is 31.1 Å². The molecule has 0 saturated carbocycles. The number of carbonyl (C=O) groups is 1. The van der Waals surface area contributed by atoms with Crippen LogP contribution in [-0.4, -0.2) is 62.4 Å². The molecule has 19 heavy (non-hydrogen) atoms. The van der Waals surface area contributed by atoms with Crippen LogP contribution in [-0.2, 0) is 0 Å². The number of carbonyl (C=O) groups excluding carboxylic acids is 1. The van der Waals surface area contributed by atoms with Gasteiger partial charge in [0.2, 0.25) is 5.95 Å². The number of aromatic amines is 1. The van der Waals surface area contributed by atoms with Crippen LogP contribution in [0.4, 0.5) is 5.95 Å². The quantitative estimate of drug-likeness (QED) is 0.786. The Bertz CT molecular complexity index is 533. The first-order valence-electron chi connectivity index (χ1n) is 6.01. The summed E-state index contributed by atoms with van der Waals surface area (Å²) in [5, 5.41) is 9.90. The second-order valence-electron chi connectivity index (χ2n) is 4.18. The number of anilines is 1. The summed E-state index contributed by atoms with van der Waals surface area (Å²) in [6, 6.07) is 1.79. The highest BCUT2D eigenvalue weighted by Gasteiger charge is 2.24. The molecule has 98 valence electrons. The summed E-state index contributed by atoms with van der Waals surface area (Å²) in [6.07, 6.45) is 4.87. The number of aromatic nitrogens is 5. The first kappa shape index (κ1) is 11.6. The minimum Gasteiger partial charge on any atom is -0.337 e. The summed E-state index contributed by atoms with van der Waals surface area (Å²) < 4.78 is 0. The van der Waals surface area contributed by atoms with Gasteiger partial charge in [-0.3, -0.25) is 4.79 Å². The van der Waals surface area contributed by atoms with E-state index in [1.165, 1.54) is 6.20 Å². The molecule has 0 bridgehead atoms. The molecule has 1 aliphatic heterocycles. The van der Waals surface area contributed by atoms with Gasteiger partial charge in [0, 0.05) is 38.6 Å². The number of nitrogens with one attached hydrogen (secondary N) is 1. The van der Waals surface area contributed by atoms with Gasteiger partial charge in [0.05, 0.1) is 6.20 Å². The van der Waals surface area contributed by atoms with Crippen LogP contribution in [0.3, 0.4) is 0 Å². The Morgan fingerprint density at radius 1 is 1.16 bits per heavy atom. The molecular formula is C11H13N7O. The van der Waals surface area contributed by atoms with E-state index >= 15 is 0 Å². The fourth-order valence-corrected chi connectivity index (χ4v) is 2.03. The van der Waals surface area contributed by atoms with Crippen LogP contribution >= 0.6 is 0 Å². The van der Waals surface area contributed by atoms with Gasteiger partial charge in [-0.2, -0.15) is 15.4 Å². The molecule has 0 unspecified atom stereocenters. The molecule has 0 atom stereocenters. The fourth-order valence-electron chi connectivity index (χ4n) is 2.03. The summed E-state index contributed by atoms with van der Waals surface area (Å²) in [5.74, 6) is 0.610. The van der Waals surface area contributed by atoms with Gasteiger partial charge < -0.3 is 9.80 Å². The lowest BCUT2D eigenvalue weighted by Gasteiger charge is -2.34. The van der Waals surface area contributed by atoms with Gasteiger partial charge in [-0.1, -0.05) is 0 Å². The van der Waals surface area contributed by atoms with E-state index in [1.54, 1.807) is 23.4 Å². The van der Waals surface area contributed by atoms with Crippen molar-refractivity contribution in [2.45, 2.75) is 0 Å². The maximum Gasteiger partial charge on any atom is 0.276 e. The van der Waals surface area contributed by atoms with Gasteiger partial charge in [-0.25, -0.2) is 9.97 Å². The largest absolute Gasteiger partial charge is 0.337 e. The molecule has 1 N–H and O–H groups in total. The Hall–Kier alpha value is -2.51. The summed E-state index contributed by atoms with van der Waals surface area (Å²) >= 11 is 0. The smallest absolute Gasteiger partial charge is 0.276 e. The van der Waals surface area contributed by atoms with Gasteiger partial charge in [0.25, 0.3) is 5.91 Å². The third kappa shape index (κ3) is 2.37. The maximum atomic E-state index is 12.1. The standard InChI is InChI=1S/C11H13N7O/c19-10(9-8-14-16-15-9)17-4-6-18(7-5-17)11-12-2-1-3-13-11/h1-3,8H,4-7H2,(H,14,15,16). The van der Waals surface area contributed by atoms with Crippen molar-refractivity contribution < 1.29 is 4.79 Å². The second-order valence-corrected chi connectivity index (χ2v) is 4.18. The molecule has 2 aromatic rings. The van der Waals surface area contributed by atoms with E-state index in [2.05, 4.69) is 30.3 Å². The fraction of sp³-hybridized carbons (Fsp3) is 0.364. The monoisotopic (exact) mass is 259 g/mol. The topological polar surface area (TPSA) is 90.9 Å². The van der Waals surface area contributed by atoms with Gasteiger partial charge in [-0.15, -0.1) is 0 Å². The van der Waals surface area contributed by atoms with Crippen molar-refractivity contribution in [3.8, 4) is 0 Å². The van der Waals surface area contributed by atoms with Crippen LogP contribution in [0.15, 0.2) is 24.7 Å². The number of amides is 1. The third-order valence-electron chi connectivity index (χ3n) is 3.04.